The van der Waals surface area contributed by atoms with E-state index in [1.165, 1.54) is 0 Å². The van der Waals surface area contributed by atoms with Gasteiger partial charge in [-0.05, 0) is 36.4 Å². The van der Waals surface area contributed by atoms with Crippen LogP contribution in [0.5, 0.6) is 5.75 Å². The van der Waals surface area contributed by atoms with Gasteiger partial charge in [-0.1, -0.05) is 23.4 Å². The molecule has 156 valence electrons. The van der Waals surface area contributed by atoms with E-state index >= 15 is 0 Å². The van der Waals surface area contributed by atoms with E-state index in [9.17, 15) is 4.79 Å². The van der Waals surface area contributed by atoms with Crippen LogP contribution in [0.4, 0.5) is 0 Å². The number of nitrogens with zero attached hydrogens (tertiary/aromatic N) is 5. The molecule has 1 aliphatic rings. The highest BCUT2D eigenvalue weighted by Gasteiger charge is 2.28. The number of carbonyl (C=O) groups is 1. The van der Waals surface area contributed by atoms with Gasteiger partial charge in [0.2, 0.25) is 5.82 Å². The van der Waals surface area contributed by atoms with Crippen molar-refractivity contribution in [1.82, 2.24) is 24.8 Å². The first-order chi connectivity index (χ1) is 15.2. The van der Waals surface area contributed by atoms with Crippen LogP contribution < -0.4 is 4.74 Å². The second-order valence-electron chi connectivity index (χ2n) is 7.50. The molecule has 0 spiro atoms. The molecule has 1 aliphatic heterocycles. The Bertz CT molecular complexity index is 1180. The molecule has 2 aromatic heterocycles. The van der Waals surface area contributed by atoms with E-state index in [-0.39, 0.29) is 12.0 Å². The standard InChI is InChI=1S/C23H21N5O3/c1-27-14-18(13-24-27)23(29)28-12-11-20(15-28)30-19-9-7-16(8-10-19)21-25-22(31-26-21)17-5-3-2-4-6-17/h2-10,13-14,20H,11-12,15H2,1H3. The van der Waals surface area contributed by atoms with Gasteiger partial charge in [0.25, 0.3) is 11.8 Å². The van der Waals surface area contributed by atoms with Crippen LogP contribution in [-0.4, -0.2) is 49.9 Å². The summed E-state index contributed by atoms with van der Waals surface area (Å²) in [4.78, 5) is 18.8. The van der Waals surface area contributed by atoms with Gasteiger partial charge < -0.3 is 14.2 Å². The molecule has 4 aromatic rings. The summed E-state index contributed by atoms with van der Waals surface area (Å²) < 4.78 is 13.1. The Morgan fingerprint density at radius 2 is 1.90 bits per heavy atom. The van der Waals surface area contributed by atoms with Gasteiger partial charge in [0.05, 0.1) is 18.3 Å². The fraction of sp³-hybridized carbons (Fsp3) is 0.217. The molecule has 0 saturated carbocycles. The van der Waals surface area contributed by atoms with Gasteiger partial charge in [0.1, 0.15) is 11.9 Å². The topological polar surface area (TPSA) is 86.3 Å². The van der Waals surface area contributed by atoms with Crippen molar-refractivity contribution in [2.24, 2.45) is 7.05 Å². The average molecular weight is 415 g/mol. The third kappa shape index (κ3) is 4.05. The minimum atomic E-state index is -0.0404. The van der Waals surface area contributed by atoms with Crippen molar-refractivity contribution >= 4 is 5.91 Å². The van der Waals surface area contributed by atoms with Gasteiger partial charge in [0.15, 0.2) is 0 Å². The first kappa shape index (κ1) is 19.0. The molecule has 1 saturated heterocycles. The summed E-state index contributed by atoms with van der Waals surface area (Å²) in [6.45, 7) is 1.22. The number of rotatable bonds is 5. The maximum atomic E-state index is 12.6. The van der Waals surface area contributed by atoms with Crippen LogP contribution in [0, 0.1) is 0 Å². The van der Waals surface area contributed by atoms with Crippen LogP contribution in [0.25, 0.3) is 22.8 Å². The lowest BCUT2D eigenvalue weighted by Gasteiger charge is -2.16. The molecular weight excluding hydrogens is 394 g/mol. The van der Waals surface area contributed by atoms with E-state index < -0.39 is 0 Å². The highest BCUT2D eigenvalue weighted by atomic mass is 16.5. The van der Waals surface area contributed by atoms with E-state index in [4.69, 9.17) is 9.26 Å². The third-order valence-electron chi connectivity index (χ3n) is 5.25. The summed E-state index contributed by atoms with van der Waals surface area (Å²) in [5.74, 6) is 1.75. The molecule has 1 fully saturated rings. The Morgan fingerprint density at radius 1 is 1.10 bits per heavy atom. The third-order valence-corrected chi connectivity index (χ3v) is 5.25. The number of ether oxygens (including phenoxy) is 1. The molecule has 0 aliphatic carbocycles. The summed E-state index contributed by atoms with van der Waals surface area (Å²) >= 11 is 0. The highest BCUT2D eigenvalue weighted by Crippen LogP contribution is 2.25. The van der Waals surface area contributed by atoms with E-state index in [1.807, 2.05) is 54.6 Å². The Labute approximate surface area is 179 Å². The molecule has 31 heavy (non-hydrogen) atoms. The Hall–Kier alpha value is -3.94. The molecule has 0 N–H and O–H groups in total. The second kappa shape index (κ2) is 8.06. The number of aromatic nitrogens is 4. The monoisotopic (exact) mass is 415 g/mol. The Morgan fingerprint density at radius 3 is 2.65 bits per heavy atom. The normalized spacial score (nSPS) is 15.9. The van der Waals surface area contributed by atoms with Crippen molar-refractivity contribution < 1.29 is 14.1 Å². The van der Waals surface area contributed by atoms with Crippen LogP contribution in [0.2, 0.25) is 0 Å². The zero-order chi connectivity index (χ0) is 21.2. The van der Waals surface area contributed by atoms with Crippen molar-refractivity contribution in [2.45, 2.75) is 12.5 Å². The molecule has 1 amide bonds. The van der Waals surface area contributed by atoms with E-state index in [0.29, 0.717) is 30.4 Å². The van der Waals surface area contributed by atoms with Gasteiger partial charge in [-0.15, -0.1) is 0 Å². The fourth-order valence-electron chi connectivity index (χ4n) is 3.64. The smallest absolute Gasteiger partial charge is 0.258 e. The van der Waals surface area contributed by atoms with Crippen molar-refractivity contribution in [3.05, 3.63) is 72.6 Å². The first-order valence-corrected chi connectivity index (χ1v) is 10.1. The number of benzene rings is 2. The molecule has 0 radical (unpaired) electrons. The minimum Gasteiger partial charge on any atom is -0.489 e. The molecule has 1 atom stereocenters. The lowest BCUT2D eigenvalue weighted by Crippen LogP contribution is -2.30. The van der Waals surface area contributed by atoms with Crippen LogP contribution in [-0.2, 0) is 7.05 Å². The quantitative estimate of drug-likeness (QED) is 0.496. The van der Waals surface area contributed by atoms with E-state index in [1.54, 1.807) is 29.0 Å². The van der Waals surface area contributed by atoms with Crippen LogP contribution in [0.1, 0.15) is 16.8 Å². The maximum Gasteiger partial charge on any atom is 0.258 e. The van der Waals surface area contributed by atoms with Gasteiger partial charge >= 0.3 is 0 Å². The zero-order valence-corrected chi connectivity index (χ0v) is 17.0. The maximum absolute atomic E-state index is 12.6. The molecule has 5 rings (SSSR count). The van der Waals surface area contributed by atoms with Crippen molar-refractivity contribution in [3.63, 3.8) is 0 Å². The van der Waals surface area contributed by atoms with Gasteiger partial charge in [0, 0.05) is 37.3 Å². The number of aryl methyl sites for hydroxylation is 1. The number of hydrogen-bond donors (Lipinski definition) is 0. The Balaban J connectivity index is 1.21. The number of amides is 1. The molecule has 8 nitrogen and oxygen atoms in total. The van der Waals surface area contributed by atoms with Crippen molar-refractivity contribution in [1.29, 1.82) is 0 Å². The minimum absolute atomic E-state index is 0.0131. The van der Waals surface area contributed by atoms with Crippen LogP contribution >= 0.6 is 0 Å². The molecule has 0 bridgehead atoms. The predicted molar refractivity (Wildman–Crippen MR) is 113 cm³/mol. The van der Waals surface area contributed by atoms with Gasteiger partial charge in [-0.2, -0.15) is 10.1 Å². The summed E-state index contributed by atoms with van der Waals surface area (Å²) in [5.41, 5.74) is 2.33. The van der Waals surface area contributed by atoms with Crippen LogP contribution in [0.3, 0.4) is 0 Å². The zero-order valence-electron chi connectivity index (χ0n) is 17.0. The fourth-order valence-corrected chi connectivity index (χ4v) is 3.64. The van der Waals surface area contributed by atoms with Crippen LogP contribution in [0.15, 0.2) is 71.5 Å². The largest absolute Gasteiger partial charge is 0.489 e. The second-order valence-corrected chi connectivity index (χ2v) is 7.50. The van der Waals surface area contributed by atoms with E-state index in [0.717, 1.165) is 23.3 Å². The number of hydrogen-bond acceptors (Lipinski definition) is 6. The van der Waals surface area contributed by atoms with Crippen molar-refractivity contribution in [2.75, 3.05) is 13.1 Å². The number of likely N-dealkylation sites (tertiary alicyclic amines) is 1. The number of carbonyl (C=O) groups excluding carboxylic acids is 1. The molecular formula is C23H21N5O3. The lowest BCUT2D eigenvalue weighted by molar-refractivity contribution is 0.0772. The predicted octanol–water partition coefficient (Wildman–Crippen LogP) is 3.43. The average Bonchev–Trinajstić information content (AvgIpc) is 3.56. The molecule has 1 unspecified atom stereocenters. The summed E-state index contributed by atoms with van der Waals surface area (Å²) in [6.07, 6.45) is 4.08. The van der Waals surface area contributed by atoms with Gasteiger partial charge in [-0.25, -0.2) is 0 Å². The molecule has 3 heterocycles. The first-order valence-electron chi connectivity index (χ1n) is 10.1. The summed E-state index contributed by atoms with van der Waals surface area (Å²) in [6, 6.07) is 17.2. The Kier molecular flexibility index (Phi) is 4.95. The van der Waals surface area contributed by atoms with E-state index in [2.05, 4.69) is 15.2 Å². The lowest BCUT2D eigenvalue weighted by atomic mass is 10.2. The SMILES string of the molecule is Cn1cc(C(=O)N2CCC(Oc3ccc(-c4noc(-c5ccccc5)n4)cc3)C2)cn1. The summed E-state index contributed by atoms with van der Waals surface area (Å²) in [7, 11) is 1.80. The van der Waals surface area contributed by atoms with Crippen molar-refractivity contribution in [3.8, 4) is 28.6 Å². The summed E-state index contributed by atoms with van der Waals surface area (Å²) in [5, 5.41) is 8.15. The molecule has 8 heteroatoms. The van der Waals surface area contributed by atoms with Gasteiger partial charge in [-0.3, -0.25) is 9.48 Å². The highest BCUT2D eigenvalue weighted by molar-refractivity contribution is 5.93. The molecule has 2 aromatic carbocycles.